The van der Waals surface area contributed by atoms with Crippen LogP contribution in [0.5, 0.6) is 0 Å². The van der Waals surface area contributed by atoms with Crippen molar-refractivity contribution in [3.8, 4) is 0 Å². The highest BCUT2D eigenvalue weighted by Gasteiger charge is 2.40. The number of carbonyl (C=O) groups excluding carboxylic acids is 2. The Hall–Kier alpha value is -2.32. The van der Waals surface area contributed by atoms with Crippen LogP contribution in [0.3, 0.4) is 0 Å². The minimum atomic E-state index is -0.729. The van der Waals surface area contributed by atoms with E-state index in [1.54, 1.807) is 19.1 Å². The van der Waals surface area contributed by atoms with Gasteiger partial charge < -0.3 is 15.0 Å². The van der Waals surface area contributed by atoms with Crippen LogP contribution in [0.25, 0.3) is 0 Å². The van der Waals surface area contributed by atoms with Crippen molar-refractivity contribution in [1.29, 1.82) is 0 Å². The van der Waals surface area contributed by atoms with Gasteiger partial charge in [-0.05, 0) is 31.7 Å². The fourth-order valence-corrected chi connectivity index (χ4v) is 3.46. The summed E-state index contributed by atoms with van der Waals surface area (Å²) < 4.78 is 18.6. The number of ether oxygens (including phenoxy) is 1. The van der Waals surface area contributed by atoms with Crippen molar-refractivity contribution in [2.45, 2.75) is 13.0 Å². The van der Waals surface area contributed by atoms with Crippen molar-refractivity contribution in [3.63, 3.8) is 0 Å². The summed E-state index contributed by atoms with van der Waals surface area (Å²) in [6.45, 7) is 5.94. The molecule has 2 aliphatic rings. The van der Waals surface area contributed by atoms with Gasteiger partial charge >= 0.3 is 12.0 Å². The van der Waals surface area contributed by atoms with E-state index >= 15 is 0 Å². The third-order valence-corrected chi connectivity index (χ3v) is 4.97. The maximum absolute atomic E-state index is 13.3. The highest BCUT2D eigenvalue weighted by molar-refractivity contribution is 6.10. The van der Waals surface area contributed by atoms with Crippen LogP contribution in [0.4, 0.5) is 9.18 Å². The molecule has 146 valence electrons. The SMILES string of the molecule is CCOC(=O)C1C(CN2CCN(C)CC2)=NC(=O)NC1c1ccc(F)cc1. The molecule has 0 spiro atoms. The average molecular weight is 376 g/mol. The Morgan fingerprint density at radius 2 is 1.93 bits per heavy atom. The number of rotatable bonds is 5. The highest BCUT2D eigenvalue weighted by atomic mass is 19.1. The summed E-state index contributed by atoms with van der Waals surface area (Å²) in [5.74, 6) is -1.53. The molecule has 3 rings (SSSR count). The highest BCUT2D eigenvalue weighted by Crippen LogP contribution is 2.29. The minimum Gasteiger partial charge on any atom is -0.465 e. The second-order valence-electron chi connectivity index (χ2n) is 6.89. The number of likely N-dealkylation sites (N-methyl/N-ethyl adjacent to an activating group) is 1. The second kappa shape index (κ2) is 8.58. The predicted octanol–water partition coefficient (Wildman–Crippen LogP) is 1.46. The van der Waals surface area contributed by atoms with E-state index in [0.29, 0.717) is 17.8 Å². The van der Waals surface area contributed by atoms with E-state index in [1.165, 1.54) is 12.1 Å². The summed E-state index contributed by atoms with van der Waals surface area (Å²) in [5, 5.41) is 2.74. The van der Waals surface area contributed by atoms with E-state index in [4.69, 9.17) is 4.74 Å². The molecule has 2 heterocycles. The molecule has 0 saturated carbocycles. The molecule has 8 heteroatoms. The van der Waals surface area contributed by atoms with Crippen LogP contribution in [0.2, 0.25) is 0 Å². The summed E-state index contributed by atoms with van der Waals surface area (Å²) >= 11 is 0. The smallest absolute Gasteiger partial charge is 0.341 e. The number of piperazine rings is 1. The molecule has 2 unspecified atom stereocenters. The van der Waals surface area contributed by atoms with Crippen molar-refractivity contribution in [3.05, 3.63) is 35.6 Å². The van der Waals surface area contributed by atoms with E-state index in [9.17, 15) is 14.0 Å². The number of benzene rings is 1. The number of urea groups is 1. The molecule has 1 aromatic carbocycles. The molecule has 1 N–H and O–H groups in total. The zero-order valence-electron chi connectivity index (χ0n) is 15.7. The standard InChI is InChI=1S/C19H25FN4O3/c1-3-27-18(25)16-15(12-24-10-8-23(2)9-11-24)21-19(26)22-17(16)13-4-6-14(20)7-5-13/h4-7,16-17H,3,8-12H2,1-2H3,(H,22,26). The first kappa shape index (κ1) is 19.4. The summed E-state index contributed by atoms with van der Waals surface area (Å²) in [6.07, 6.45) is 0. The number of hydrogen-bond donors (Lipinski definition) is 1. The molecule has 7 nitrogen and oxygen atoms in total. The number of nitrogens with one attached hydrogen (secondary N) is 1. The Morgan fingerprint density at radius 3 is 2.56 bits per heavy atom. The molecule has 0 radical (unpaired) electrons. The monoisotopic (exact) mass is 376 g/mol. The van der Waals surface area contributed by atoms with Gasteiger partial charge in [0.05, 0.1) is 18.4 Å². The minimum absolute atomic E-state index is 0.237. The fraction of sp³-hybridized carbons (Fsp3) is 0.526. The van der Waals surface area contributed by atoms with Crippen LogP contribution in [-0.2, 0) is 9.53 Å². The maximum Gasteiger partial charge on any atom is 0.341 e. The Labute approximate surface area is 158 Å². The molecule has 0 aliphatic carbocycles. The van der Waals surface area contributed by atoms with Crippen LogP contribution < -0.4 is 5.32 Å². The molecule has 2 aliphatic heterocycles. The van der Waals surface area contributed by atoms with Crippen molar-refractivity contribution in [1.82, 2.24) is 15.1 Å². The van der Waals surface area contributed by atoms with Crippen LogP contribution in [0.1, 0.15) is 18.5 Å². The number of hydrogen-bond acceptors (Lipinski definition) is 5. The van der Waals surface area contributed by atoms with E-state index < -0.39 is 24.0 Å². The van der Waals surface area contributed by atoms with Gasteiger partial charge in [-0.15, -0.1) is 0 Å². The van der Waals surface area contributed by atoms with Crippen molar-refractivity contribution < 1.29 is 18.7 Å². The van der Waals surface area contributed by atoms with E-state index in [0.717, 1.165) is 26.2 Å². The molecule has 27 heavy (non-hydrogen) atoms. The predicted molar refractivity (Wildman–Crippen MR) is 99.2 cm³/mol. The fourth-order valence-electron chi connectivity index (χ4n) is 3.46. The Balaban J connectivity index is 1.87. The van der Waals surface area contributed by atoms with Crippen LogP contribution in [0.15, 0.2) is 29.3 Å². The number of halogens is 1. The van der Waals surface area contributed by atoms with Gasteiger partial charge in [0.25, 0.3) is 0 Å². The Kier molecular flexibility index (Phi) is 6.18. The lowest BCUT2D eigenvalue weighted by Crippen LogP contribution is -2.52. The Morgan fingerprint density at radius 1 is 1.26 bits per heavy atom. The molecule has 0 aromatic heterocycles. The van der Waals surface area contributed by atoms with Gasteiger partial charge in [-0.25, -0.2) is 14.2 Å². The van der Waals surface area contributed by atoms with Gasteiger partial charge in [0.2, 0.25) is 0 Å². The van der Waals surface area contributed by atoms with Gasteiger partial charge in [-0.1, -0.05) is 12.1 Å². The normalized spacial score (nSPS) is 24.3. The van der Waals surface area contributed by atoms with E-state index in [-0.39, 0.29) is 12.4 Å². The summed E-state index contributed by atoms with van der Waals surface area (Å²) in [5.41, 5.74) is 1.14. The van der Waals surface area contributed by atoms with Gasteiger partial charge in [-0.2, -0.15) is 0 Å². The molecule has 2 atom stereocenters. The molecule has 1 aromatic rings. The van der Waals surface area contributed by atoms with Crippen molar-refractivity contribution in [2.24, 2.45) is 10.9 Å². The summed E-state index contributed by atoms with van der Waals surface area (Å²) in [6, 6.07) is 4.66. The third-order valence-electron chi connectivity index (χ3n) is 4.97. The molecule has 0 bridgehead atoms. The number of aliphatic imine (C=N–C) groups is 1. The lowest BCUT2D eigenvalue weighted by atomic mass is 9.87. The molecular weight excluding hydrogens is 351 g/mol. The van der Waals surface area contributed by atoms with Crippen LogP contribution in [0, 0.1) is 11.7 Å². The Bertz CT molecular complexity index is 714. The van der Waals surface area contributed by atoms with Gasteiger partial charge in [0.15, 0.2) is 0 Å². The van der Waals surface area contributed by atoms with Crippen LogP contribution >= 0.6 is 0 Å². The van der Waals surface area contributed by atoms with E-state index in [2.05, 4.69) is 27.2 Å². The maximum atomic E-state index is 13.3. The van der Waals surface area contributed by atoms with Gasteiger partial charge in [0.1, 0.15) is 11.7 Å². The quantitative estimate of drug-likeness (QED) is 0.788. The molecule has 2 amide bonds. The number of carbonyl (C=O) groups is 2. The molecule has 1 fully saturated rings. The number of amides is 2. The average Bonchev–Trinajstić information content (AvgIpc) is 2.64. The zero-order valence-corrected chi connectivity index (χ0v) is 15.7. The number of esters is 1. The van der Waals surface area contributed by atoms with Crippen molar-refractivity contribution in [2.75, 3.05) is 46.4 Å². The van der Waals surface area contributed by atoms with E-state index in [1.807, 2.05) is 0 Å². The van der Waals surface area contributed by atoms with Gasteiger partial charge in [0, 0.05) is 32.7 Å². The van der Waals surface area contributed by atoms with Gasteiger partial charge in [-0.3, -0.25) is 9.69 Å². The lowest BCUT2D eigenvalue weighted by molar-refractivity contribution is -0.146. The summed E-state index contributed by atoms with van der Waals surface area (Å²) in [4.78, 5) is 33.4. The summed E-state index contributed by atoms with van der Waals surface area (Å²) in [7, 11) is 2.06. The zero-order chi connectivity index (χ0) is 19.4. The topological polar surface area (TPSA) is 74.2 Å². The van der Waals surface area contributed by atoms with Crippen LogP contribution in [-0.4, -0.2) is 73.9 Å². The first-order valence-corrected chi connectivity index (χ1v) is 9.19. The third kappa shape index (κ3) is 4.70. The first-order chi connectivity index (χ1) is 13.0. The lowest BCUT2D eigenvalue weighted by Gasteiger charge is -2.36. The second-order valence-corrected chi connectivity index (χ2v) is 6.89. The number of nitrogens with zero attached hydrogens (tertiary/aromatic N) is 3. The molecular formula is C19H25FN4O3. The molecule has 1 saturated heterocycles. The largest absolute Gasteiger partial charge is 0.465 e. The van der Waals surface area contributed by atoms with Crippen molar-refractivity contribution >= 4 is 17.7 Å². The first-order valence-electron chi connectivity index (χ1n) is 9.19.